The van der Waals surface area contributed by atoms with Crippen molar-refractivity contribution in [3.05, 3.63) is 36.5 Å². The van der Waals surface area contributed by atoms with Crippen LogP contribution in [0.4, 0.5) is 0 Å². The van der Waals surface area contributed by atoms with E-state index in [9.17, 15) is 5.11 Å². The van der Waals surface area contributed by atoms with Gasteiger partial charge in [0.05, 0.1) is 25.4 Å². The van der Waals surface area contributed by atoms with Crippen LogP contribution in [-0.2, 0) is 14.2 Å². The molecule has 152 valence electrons. The summed E-state index contributed by atoms with van der Waals surface area (Å²) in [4.78, 5) is 0. The highest BCUT2D eigenvalue weighted by Crippen LogP contribution is 2.25. The van der Waals surface area contributed by atoms with E-state index in [0.29, 0.717) is 39.6 Å². The summed E-state index contributed by atoms with van der Waals surface area (Å²) in [5, 5.41) is 11.0. The third-order valence-electron chi connectivity index (χ3n) is 3.84. The predicted octanol–water partition coefficient (Wildman–Crippen LogP) is 4.84. The zero-order valence-electron chi connectivity index (χ0n) is 17.3. The molecule has 0 rings (SSSR count). The van der Waals surface area contributed by atoms with Gasteiger partial charge in [-0.05, 0) is 59.3 Å². The molecule has 0 unspecified atom stereocenters. The summed E-state index contributed by atoms with van der Waals surface area (Å²) in [7, 11) is 0. The minimum absolute atomic E-state index is 0.585. The minimum Gasteiger partial charge on any atom is -0.390 e. The molecule has 0 bridgehead atoms. The number of aliphatic hydroxyl groups is 1. The molecule has 0 aliphatic carbocycles. The second-order valence-electron chi connectivity index (χ2n) is 7.56. The summed E-state index contributed by atoms with van der Waals surface area (Å²) in [5.41, 5.74) is 2.37. The summed E-state index contributed by atoms with van der Waals surface area (Å²) < 4.78 is 16.6. The van der Waals surface area contributed by atoms with E-state index in [1.54, 1.807) is 0 Å². The van der Waals surface area contributed by atoms with Gasteiger partial charge in [-0.3, -0.25) is 0 Å². The first kappa shape index (κ1) is 25.1. The van der Waals surface area contributed by atoms with E-state index in [-0.39, 0.29) is 0 Å². The van der Waals surface area contributed by atoms with E-state index in [4.69, 9.17) is 14.2 Å². The first-order chi connectivity index (χ1) is 12.2. The Morgan fingerprint density at radius 1 is 0.654 bits per heavy atom. The normalized spacial score (nSPS) is 11.5. The highest BCUT2D eigenvalue weighted by molar-refractivity contribution is 4.88. The Balaban J connectivity index is 4.19. The average molecular weight is 369 g/mol. The summed E-state index contributed by atoms with van der Waals surface area (Å²) in [5.74, 6) is 0. The lowest BCUT2D eigenvalue weighted by molar-refractivity contribution is -0.0102. The molecular weight excluding hydrogens is 328 g/mol. The Morgan fingerprint density at radius 3 is 1.15 bits per heavy atom. The molecule has 0 spiro atoms. The van der Waals surface area contributed by atoms with Gasteiger partial charge in [0, 0.05) is 19.8 Å². The molecule has 4 nitrogen and oxygen atoms in total. The highest BCUT2D eigenvalue weighted by Gasteiger charge is 2.25. The fraction of sp³-hybridized carbons (Fsp3) is 0.727. The summed E-state index contributed by atoms with van der Waals surface area (Å²) in [6, 6.07) is 0. The zero-order valence-corrected chi connectivity index (χ0v) is 17.3. The molecule has 0 aliphatic rings. The summed E-state index contributed by atoms with van der Waals surface area (Å²) in [6.45, 7) is 21.0. The molecule has 0 radical (unpaired) electrons. The van der Waals surface area contributed by atoms with E-state index < -0.39 is 5.60 Å². The van der Waals surface area contributed by atoms with Gasteiger partial charge in [-0.25, -0.2) is 0 Å². The summed E-state index contributed by atoms with van der Waals surface area (Å²) in [6.07, 6.45) is 4.69. The Labute approximate surface area is 160 Å². The Bertz CT molecular complexity index is 355. The van der Waals surface area contributed by atoms with Crippen LogP contribution in [0.3, 0.4) is 0 Å². The average Bonchev–Trinajstić information content (AvgIpc) is 2.53. The molecule has 0 aromatic carbocycles. The lowest BCUT2D eigenvalue weighted by Gasteiger charge is -2.28. The van der Waals surface area contributed by atoms with E-state index in [2.05, 4.69) is 19.7 Å². The second-order valence-corrected chi connectivity index (χ2v) is 7.56. The van der Waals surface area contributed by atoms with Crippen LogP contribution in [0.2, 0.25) is 0 Å². The van der Waals surface area contributed by atoms with Crippen molar-refractivity contribution < 1.29 is 19.3 Å². The monoisotopic (exact) mass is 368 g/mol. The van der Waals surface area contributed by atoms with Gasteiger partial charge >= 0.3 is 0 Å². The van der Waals surface area contributed by atoms with Crippen molar-refractivity contribution in [1.82, 2.24) is 0 Å². The van der Waals surface area contributed by atoms with Crippen LogP contribution in [0, 0.1) is 0 Å². The topological polar surface area (TPSA) is 47.9 Å². The third kappa shape index (κ3) is 16.5. The van der Waals surface area contributed by atoms with Gasteiger partial charge in [-0.1, -0.05) is 36.5 Å². The van der Waals surface area contributed by atoms with Gasteiger partial charge < -0.3 is 19.3 Å². The lowest BCUT2D eigenvalue weighted by atomic mass is 9.88. The first-order valence-corrected chi connectivity index (χ1v) is 9.64. The van der Waals surface area contributed by atoms with Crippen molar-refractivity contribution >= 4 is 0 Å². The van der Waals surface area contributed by atoms with Gasteiger partial charge in [-0.2, -0.15) is 0 Å². The maximum absolute atomic E-state index is 11.0. The highest BCUT2D eigenvalue weighted by atomic mass is 16.5. The molecule has 0 aromatic heterocycles. The van der Waals surface area contributed by atoms with Crippen molar-refractivity contribution in [3.8, 4) is 0 Å². The Hall–Kier alpha value is -0.940. The van der Waals surface area contributed by atoms with Crippen molar-refractivity contribution in [1.29, 1.82) is 0 Å². The van der Waals surface area contributed by atoms with Crippen molar-refractivity contribution in [2.75, 3.05) is 39.6 Å². The molecule has 4 heteroatoms. The van der Waals surface area contributed by atoms with Gasteiger partial charge in [0.1, 0.15) is 0 Å². The van der Waals surface area contributed by atoms with Gasteiger partial charge in [0.25, 0.3) is 0 Å². The van der Waals surface area contributed by atoms with Gasteiger partial charge in [0.2, 0.25) is 0 Å². The quantitative estimate of drug-likeness (QED) is 0.278. The molecule has 0 aliphatic heterocycles. The molecule has 0 atom stereocenters. The van der Waals surface area contributed by atoms with Crippen molar-refractivity contribution in [2.45, 2.75) is 64.9 Å². The molecule has 0 heterocycles. The minimum atomic E-state index is -0.689. The van der Waals surface area contributed by atoms with Crippen LogP contribution in [0.25, 0.3) is 0 Å². The van der Waals surface area contributed by atoms with Crippen LogP contribution >= 0.6 is 0 Å². The third-order valence-corrected chi connectivity index (χ3v) is 3.84. The van der Waals surface area contributed by atoms with Crippen LogP contribution in [0.1, 0.15) is 59.3 Å². The molecule has 0 fully saturated rings. The van der Waals surface area contributed by atoms with E-state index in [0.717, 1.165) is 55.2 Å². The van der Waals surface area contributed by atoms with Crippen molar-refractivity contribution in [3.63, 3.8) is 0 Å². The van der Waals surface area contributed by atoms with Crippen LogP contribution in [0.15, 0.2) is 36.5 Å². The van der Waals surface area contributed by atoms with Crippen LogP contribution in [-0.4, -0.2) is 50.3 Å². The van der Waals surface area contributed by atoms with Crippen LogP contribution in [0.5, 0.6) is 0 Å². The summed E-state index contributed by atoms with van der Waals surface area (Å²) >= 11 is 0. The number of rotatable bonds is 18. The second kappa shape index (κ2) is 15.2. The number of hydrogen-bond acceptors (Lipinski definition) is 4. The smallest absolute Gasteiger partial charge is 0.0671 e. The van der Waals surface area contributed by atoms with Crippen molar-refractivity contribution in [2.24, 2.45) is 0 Å². The van der Waals surface area contributed by atoms with E-state index in [1.807, 2.05) is 20.8 Å². The standard InChI is InChI=1S/C22H40O4/c1-19(2)16-24-13-7-10-22(23,11-8-14-25-17-20(3)4)12-9-15-26-18-21(5)6/h23H,1,3,5,7-18H2,2,4,6H3. The van der Waals surface area contributed by atoms with Gasteiger partial charge in [0.15, 0.2) is 0 Å². The number of ether oxygens (including phenoxy) is 3. The largest absolute Gasteiger partial charge is 0.390 e. The first-order valence-electron chi connectivity index (χ1n) is 9.64. The fourth-order valence-electron chi connectivity index (χ4n) is 2.62. The number of hydrogen-bond donors (Lipinski definition) is 1. The van der Waals surface area contributed by atoms with E-state index >= 15 is 0 Å². The predicted molar refractivity (Wildman–Crippen MR) is 110 cm³/mol. The molecule has 0 saturated carbocycles. The fourth-order valence-corrected chi connectivity index (χ4v) is 2.62. The molecule has 0 amide bonds. The Morgan fingerprint density at radius 2 is 0.923 bits per heavy atom. The molecule has 26 heavy (non-hydrogen) atoms. The zero-order chi connectivity index (χ0) is 19.8. The van der Waals surface area contributed by atoms with E-state index in [1.165, 1.54) is 0 Å². The lowest BCUT2D eigenvalue weighted by Crippen LogP contribution is -2.30. The van der Waals surface area contributed by atoms with Gasteiger partial charge in [-0.15, -0.1) is 0 Å². The van der Waals surface area contributed by atoms with Crippen LogP contribution < -0.4 is 0 Å². The molecule has 0 saturated heterocycles. The molecular formula is C22H40O4. The molecule has 1 N–H and O–H groups in total. The Kier molecular flexibility index (Phi) is 14.6. The maximum atomic E-state index is 11.0. The molecule has 0 aromatic rings. The SMILES string of the molecule is C=C(C)COCCCC(O)(CCCOCC(=C)C)CCCOCC(=C)C. The maximum Gasteiger partial charge on any atom is 0.0671 e.